The third-order valence-corrected chi connectivity index (χ3v) is 3.68. The van der Waals surface area contributed by atoms with Crippen LogP contribution in [-0.2, 0) is 4.79 Å². The Morgan fingerprint density at radius 2 is 2.18 bits per heavy atom. The van der Waals surface area contributed by atoms with Crippen molar-refractivity contribution in [2.75, 3.05) is 13.2 Å². The zero-order valence-corrected chi connectivity index (χ0v) is 10.9. The van der Waals surface area contributed by atoms with Gasteiger partial charge in [0.05, 0.1) is 0 Å². The van der Waals surface area contributed by atoms with Crippen molar-refractivity contribution in [3.63, 3.8) is 0 Å². The van der Waals surface area contributed by atoms with Crippen molar-refractivity contribution >= 4 is 5.91 Å². The van der Waals surface area contributed by atoms with Gasteiger partial charge >= 0.3 is 0 Å². The van der Waals surface area contributed by atoms with Crippen LogP contribution in [0.25, 0.3) is 0 Å². The number of nitrogens with one attached hydrogen (secondary N) is 1. The first-order valence-corrected chi connectivity index (χ1v) is 6.76. The van der Waals surface area contributed by atoms with Gasteiger partial charge in [-0.2, -0.15) is 0 Å². The Morgan fingerprint density at radius 3 is 2.65 bits per heavy atom. The monoisotopic (exact) mass is 242 g/mol. The van der Waals surface area contributed by atoms with Crippen molar-refractivity contribution in [1.82, 2.24) is 5.32 Å². The Morgan fingerprint density at radius 1 is 1.47 bits per heavy atom. The first-order valence-electron chi connectivity index (χ1n) is 6.76. The maximum Gasteiger partial charge on any atom is 0.221 e. The number of aliphatic hydroxyl groups is 1. The molecular weight excluding hydrogens is 216 g/mol. The van der Waals surface area contributed by atoms with E-state index in [-0.39, 0.29) is 18.1 Å². The Labute approximate surface area is 104 Å². The molecule has 0 aromatic carbocycles. The van der Waals surface area contributed by atoms with Crippen LogP contribution < -0.4 is 11.1 Å². The maximum absolute atomic E-state index is 11.7. The summed E-state index contributed by atoms with van der Waals surface area (Å²) in [5, 5.41) is 11.9. The zero-order valence-electron chi connectivity index (χ0n) is 10.9. The Balaban J connectivity index is 2.20. The van der Waals surface area contributed by atoms with Crippen LogP contribution in [0.2, 0.25) is 0 Å². The number of hydrogen-bond donors (Lipinski definition) is 3. The van der Waals surface area contributed by atoms with E-state index in [0.717, 1.165) is 38.5 Å². The molecule has 0 bridgehead atoms. The molecule has 4 N–H and O–H groups in total. The molecule has 1 rings (SSSR count). The lowest BCUT2D eigenvalue weighted by Crippen LogP contribution is -2.50. The second-order valence-corrected chi connectivity index (χ2v) is 5.36. The van der Waals surface area contributed by atoms with Gasteiger partial charge in [-0.1, -0.05) is 13.3 Å². The number of carbonyl (C=O) groups is 1. The highest BCUT2D eigenvalue weighted by atomic mass is 16.3. The minimum absolute atomic E-state index is 0.0613. The van der Waals surface area contributed by atoms with E-state index in [2.05, 4.69) is 12.2 Å². The van der Waals surface area contributed by atoms with E-state index in [4.69, 9.17) is 10.8 Å². The summed E-state index contributed by atoms with van der Waals surface area (Å²) < 4.78 is 0. The molecule has 1 fully saturated rings. The highest BCUT2D eigenvalue weighted by molar-refractivity contribution is 5.77. The minimum atomic E-state index is -0.235. The Bertz CT molecular complexity index is 234. The van der Waals surface area contributed by atoms with Crippen molar-refractivity contribution < 1.29 is 9.90 Å². The van der Waals surface area contributed by atoms with Gasteiger partial charge in [-0.15, -0.1) is 0 Å². The zero-order chi connectivity index (χ0) is 12.7. The maximum atomic E-state index is 11.7. The smallest absolute Gasteiger partial charge is 0.221 e. The van der Waals surface area contributed by atoms with Gasteiger partial charge in [0, 0.05) is 25.1 Å². The van der Waals surface area contributed by atoms with Crippen LogP contribution in [0.1, 0.15) is 51.9 Å². The second kappa shape index (κ2) is 6.97. The Kier molecular flexibility index (Phi) is 5.92. The lowest BCUT2D eigenvalue weighted by Gasteiger charge is -2.37. The molecule has 4 nitrogen and oxygen atoms in total. The van der Waals surface area contributed by atoms with E-state index in [1.807, 2.05) is 0 Å². The fourth-order valence-corrected chi connectivity index (χ4v) is 2.39. The normalized spacial score (nSPS) is 19.5. The van der Waals surface area contributed by atoms with E-state index in [9.17, 15) is 4.79 Å². The predicted molar refractivity (Wildman–Crippen MR) is 68.5 cm³/mol. The van der Waals surface area contributed by atoms with E-state index in [1.54, 1.807) is 0 Å². The first kappa shape index (κ1) is 14.5. The molecule has 0 aromatic rings. The summed E-state index contributed by atoms with van der Waals surface area (Å²) in [6.07, 6.45) is 6.43. The van der Waals surface area contributed by atoms with E-state index in [0.29, 0.717) is 18.9 Å². The molecule has 0 spiro atoms. The standard InChI is InChI=1S/C13H26N2O2/c1-2-4-11(5-8-16)10-15-12(17)9-13(14)6-3-7-13/h11,16H,2-10,14H2,1H3,(H,15,17). The van der Waals surface area contributed by atoms with Crippen LogP contribution in [-0.4, -0.2) is 29.7 Å². The number of aliphatic hydroxyl groups excluding tert-OH is 1. The van der Waals surface area contributed by atoms with Crippen LogP contribution in [0.15, 0.2) is 0 Å². The van der Waals surface area contributed by atoms with E-state index in [1.165, 1.54) is 0 Å². The highest BCUT2D eigenvalue weighted by Gasteiger charge is 2.34. The van der Waals surface area contributed by atoms with Crippen molar-refractivity contribution in [2.45, 2.75) is 57.4 Å². The molecule has 17 heavy (non-hydrogen) atoms. The molecule has 1 unspecified atom stereocenters. The summed E-state index contributed by atoms with van der Waals surface area (Å²) in [6.45, 7) is 2.99. The molecule has 1 saturated carbocycles. The van der Waals surface area contributed by atoms with E-state index >= 15 is 0 Å². The molecule has 0 aromatic heterocycles. The van der Waals surface area contributed by atoms with Gasteiger partial charge in [-0.3, -0.25) is 4.79 Å². The fourth-order valence-electron chi connectivity index (χ4n) is 2.39. The third kappa shape index (κ3) is 5.04. The van der Waals surface area contributed by atoms with Crippen molar-refractivity contribution in [3.05, 3.63) is 0 Å². The van der Waals surface area contributed by atoms with Gasteiger partial charge in [0.25, 0.3) is 0 Å². The van der Waals surface area contributed by atoms with Crippen molar-refractivity contribution in [1.29, 1.82) is 0 Å². The average molecular weight is 242 g/mol. The number of amides is 1. The van der Waals surface area contributed by atoms with Gasteiger partial charge < -0.3 is 16.2 Å². The Hall–Kier alpha value is -0.610. The summed E-state index contributed by atoms with van der Waals surface area (Å²) in [5.41, 5.74) is 5.79. The van der Waals surface area contributed by atoms with Crippen LogP contribution in [0.3, 0.4) is 0 Å². The summed E-state index contributed by atoms with van der Waals surface area (Å²) in [6, 6.07) is 0. The highest BCUT2D eigenvalue weighted by Crippen LogP contribution is 2.31. The van der Waals surface area contributed by atoms with Crippen LogP contribution >= 0.6 is 0 Å². The third-order valence-electron chi connectivity index (χ3n) is 3.68. The molecule has 1 amide bonds. The van der Waals surface area contributed by atoms with Crippen molar-refractivity contribution in [3.8, 4) is 0 Å². The molecule has 1 aliphatic carbocycles. The number of carbonyl (C=O) groups excluding carboxylic acids is 1. The lowest BCUT2D eigenvalue weighted by molar-refractivity contribution is -0.123. The molecule has 4 heteroatoms. The van der Waals surface area contributed by atoms with Gasteiger partial charge in [-0.05, 0) is 38.0 Å². The lowest BCUT2D eigenvalue weighted by atomic mass is 9.75. The van der Waals surface area contributed by atoms with Crippen LogP contribution in [0, 0.1) is 5.92 Å². The SMILES string of the molecule is CCCC(CCO)CNC(=O)CC1(N)CCC1. The van der Waals surface area contributed by atoms with Gasteiger partial charge in [0.2, 0.25) is 5.91 Å². The topological polar surface area (TPSA) is 75.3 Å². The minimum Gasteiger partial charge on any atom is -0.396 e. The second-order valence-electron chi connectivity index (χ2n) is 5.36. The molecule has 1 aliphatic rings. The first-order chi connectivity index (χ1) is 8.09. The largest absolute Gasteiger partial charge is 0.396 e. The molecular formula is C13H26N2O2. The van der Waals surface area contributed by atoms with Gasteiger partial charge in [0.1, 0.15) is 0 Å². The summed E-state index contributed by atoms with van der Waals surface area (Å²) in [5.74, 6) is 0.454. The predicted octanol–water partition coefficient (Wildman–Crippen LogP) is 1.17. The number of rotatable bonds is 8. The van der Waals surface area contributed by atoms with Gasteiger partial charge in [0.15, 0.2) is 0 Å². The molecule has 100 valence electrons. The average Bonchev–Trinajstić information content (AvgIpc) is 2.24. The van der Waals surface area contributed by atoms with Gasteiger partial charge in [-0.25, -0.2) is 0 Å². The molecule has 0 radical (unpaired) electrons. The fraction of sp³-hybridized carbons (Fsp3) is 0.923. The summed E-state index contributed by atoms with van der Waals surface area (Å²) in [7, 11) is 0. The summed E-state index contributed by atoms with van der Waals surface area (Å²) in [4.78, 5) is 11.7. The number of nitrogens with two attached hydrogens (primary N) is 1. The van der Waals surface area contributed by atoms with Crippen LogP contribution in [0.5, 0.6) is 0 Å². The quantitative estimate of drug-likeness (QED) is 0.598. The molecule has 0 aliphatic heterocycles. The summed E-state index contributed by atoms with van der Waals surface area (Å²) >= 11 is 0. The molecule has 1 atom stereocenters. The van der Waals surface area contributed by atoms with Crippen molar-refractivity contribution in [2.24, 2.45) is 11.7 Å². The van der Waals surface area contributed by atoms with E-state index < -0.39 is 0 Å². The van der Waals surface area contributed by atoms with Crippen LogP contribution in [0.4, 0.5) is 0 Å². The molecule has 0 heterocycles. The number of hydrogen-bond acceptors (Lipinski definition) is 3. The molecule has 0 saturated heterocycles.